The van der Waals surface area contributed by atoms with Crippen LogP contribution in [0.25, 0.3) is 27.9 Å². The molecule has 1 aromatic carbocycles. The van der Waals surface area contributed by atoms with Gasteiger partial charge in [-0.05, 0) is 62.7 Å². The molecule has 1 N–H and O–H groups in total. The highest BCUT2D eigenvalue weighted by Crippen LogP contribution is 2.25. The molecule has 4 aromatic rings. The summed E-state index contributed by atoms with van der Waals surface area (Å²) in [5.74, 6) is 1.27. The molecular formula is C23H24N4O3. The van der Waals surface area contributed by atoms with Crippen LogP contribution < -0.4 is 10.1 Å². The maximum atomic E-state index is 9.60. The molecule has 5 rings (SSSR count). The number of hydrogen-bond acceptors (Lipinski definition) is 6. The van der Waals surface area contributed by atoms with Crippen LogP contribution in [0.2, 0.25) is 0 Å². The van der Waals surface area contributed by atoms with Crippen molar-refractivity contribution >= 4 is 16.5 Å². The Balaban J connectivity index is 1.42. The summed E-state index contributed by atoms with van der Waals surface area (Å²) in [5, 5.41) is 14.2. The second-order valence-electron chi connectivity index (χ2n) is 7.74. The van der Waals surface area contributed by atoms with E-state index in [0.717, 1.165) is 24.4 Å². The number of fused-ring (bicyclic) bond motifs is 2. The number of rotatable bonds is 5. The van der Waals surface area contributed by atoms with Crippen molar-refractivity contribution < 1.29 is 14.4 Å². The lowest BCUT2D eigenvalue weighted by Crippen LogP contribution is -2.31. The van der Waals surface area contributed by atoms with E-state index in [4.69, 9.17) is 9.15 Å². The van der Waals surface area contributed by atoms with Crippen LogP contribution in [0.5, 0.6) is 5.75 Å². The first-order valence-electron chi connectivity index (χ1n) is 10.3. The summed E-state index contributed by atoms with van der Waals surface area (Å²) in [6, 6.07) is 13.8. The molecule has 0 bridgehead atoms. The van der Waals surface area contributed by atoms with E-state index in [-0.39, 0.29) is 0 Å². The van der Waals surface area contributed by atoms with Gasteiger partial charge in [0, 0.05) is 30.4 Å². The Morgan fingerprint density at radius 2 is 2.20 bits per heavy atom. The molecule has 0 spiro atoms. The minimum atomic E-state index is 0.418. The van der Waals surface area contributed by atoms with E-state index in [1.807, 2.05) is 47.0 Å². The summed E-state index contributed by atoms with van der Waals surface area (Å²) in [5.41, 5.74) is 2.29. The smallest absolute Gasteiger partial charge is 0.155 e. The van der Waals surface area contributed by atoms with E-state index in [9.17, 15) is 5.21 Å². The van der Waals surface area contributed by atoms with Crippen LogP contribution in [0.4, 0.5) is 0 Å². The Morgan fingerprint density at radius 3 is 3.03 bits per heavy atom. The Bertz CT molecular complexity index is 1260. The lowest BCUT2D eigenvalue weighted by molar-refractivity contribution is 0.205. The van der Waals surface area contributed by atoms with E-state index < -0.39 is 0 Å². The fourth-order valence-electron chi connectivity index (χ4n) is 4.12. The quantitative estimate of drug-likeness (QED) is 0.403. The molecule has 3 aromatic heterocycles. The molecule has 0 amide bonds. The van der Waals surface area contributed by atoms with Crippen LogP contribution >= 0.6 is 0 Å². The van der Waals surface area contributed by atoms with Gasteiger partial charge in [-0.15, -0.1) is 0 Å². The zero-order chi connectivity index (χ0) is 20.5. The number of ether oxygens (including phenoxy) is 1. The number of hydrogen-bond donors (Lipinski definition) is 1. The van der Waals surface area contributed by atoms with Crippen LogP contribution in [-0.2, 0) is 0 Å². The van der Waals surface area contributed by atoms with Gasteiger partial charge in [0.25, 0.3) is 0 Å². The monoisotopic (exact) mass is 404 g/mol. The average Bonchev–Trinajstić information content (AvgIpc) is 3.41. The summed E-state index contributed by atoms with van der Waals surface area (Å²) < 4.78 is 13.9. The predicted molar refractivity (Wildman–Crippen MR) is 114 cm³/mol. The van der Waals surface area contributed by atoms with Gasteiger partial charge in [-0.1, -0.05) is 5.16 Å². The number of benzene rings is 1. The normalized spacial score (nSPS) is 17.9. The lowest BCUT2D eigenvalue weighted by atomic mass is 10.2. The summed E-state index contributed by atoms with van der Waals surface area (Å²) in [7, 11) is 0. The van der Waals surface area contributed by atoms with Gasteiger partial charge in [0.2, 0.25) is 0 Å². The first-order valence-corrected chi connectivity index (χ1v) is 10.3. The Kier molecular flexibility index (Phi) is 4.88. The molecule has 0 aliphatic carbocycles. The van der Waals surface area contributed by atoms with Crippen LogP contribution in [0, 0.1) is 0 Å². The first kappa shape index (κ1) is 18.7. The molecule has 1 saturated heterocycles. The highest BCUT2D eigenvalue weighted by molar-refractivity contribution is 5.80. The fraction of sp³-hybridized carbons (Fsp3) is 0.304. The maximum Gasteiger partial charge on any atom is 0.155 e. The molecule has 4 heterocycles. The van der Waals surface area contributed by atoms with Crippen LogP contribution in [0.15, 0.2) is 64.6 Å². The lowest BCUT2D eigenvalue weighted by Gasteiger charge is -2.20. The second-order valence-corrected chi connectivity index (χ2v) is 7.74. The van der Waals surface area contributed by atoms with Crippen molar-refractivity contribution in [3.05, 3.63) is 60.3 Å². The van der Waals surface area contributed by atoms with E-state index in [0.29, 0.717) is 40.4 Å². The van der Waals surface area contributed by atoms with E-state index in [2.05, 4.69) is 22.0 Å². The molecule has 1 unspecified atom stereocenters. The van der Waals surface area contributed by atoms with Gasteiger partial charge in [0.15, 0.2) is 5.76 Å². The van der Waals surface area contributed by atoms with Crippen molar-refractivity contribution in [3.63, 3.8) is 0 Å². The Labute approximate surface area is 173 Å². The first-order chi connectivity index (χ1) is 14.7. The van der Waals surface area contributed by atoms with Gasteiger partial charge in [0.1, 0.15) is 29.0 Å². The van der Waals surface area contributed by atoms with Crippen LogP contribution in [0.1, 0.15) is 19.8 Å². The number of aromatic nitrogens is 2. The Hall–Kier alpha value is -3.32. The molecule has 1 aliphatic rings. The molecule has 0 radical (unpaired) electrons. The molecule has 0 saturated carbocycles. The third-order valence-corrected chi connectivity index (χ3v) is 5.83. The van der Waals surface area contributed by atoms with Gasteiger partial charge in [-0.3, -0.25) is 4.90 Å². The zero-order valence-electron chi connectivity index (χ0n) is 16.9. The standard InChI is InChI=1S/C23H24N4O3/c1-16-4-2-8-26(16)10-11-29-18-6-7-22-19(13-18)20(25-28)14-23(30-22)21-12-17-5-3-9-27(17)15-24-21/h3,5-7,9,12-16,28H,2,4,8,10-11H2,1H3/b25-20+. The number of nitrogens with zero attached hydrogens (tertiary/aromatic N) is 4. The molecular weight excluding hydrogens is 380 g/mol. The van der Waals surface area contributed by atoms with E-state index >= 15 is 0 Å². The van der Waals surface area contributed by atoms with E-state index in [1.54, 1.807) is 12.4 Å². The van der Waals surface area contributed by atoms with Gasteiger partial charge in [-0.25, -0.2) is 4.98 Å². The van der Waals surface area contributed by atoms with Crippen molar-refractivity contribution in [2.45, 2.75) is 25.8 Å². The van der Waals surface area contributed by atoms with Crippen molar-refractivity contribution in [2.75, 3.05) is 19.7 Å². The average molecular weight is 404 g/mol. The van der Waals surface area contributed by atoms with Crippen molar-refractivity contribution in [1.29, 1.82) is 0 Å². The van der Waals surface area contributed by atoms with Crippen LogP contribution in [-0.4, -0.2) is 45.2 Å². The minimum absolute atomic E-state index is 0.418. The van der Waals surface area contributed by atoms with Crippen molar-refractivity contribution in [2.24, 2.45) is 5.16 Å². The van der Waals surface area contributed by atoms with Gasteiger partial charge in [-0.2, -0.15) is 0 Å². The predicted octanol–water partition coefficient (Wildman–Crippen LogP) is 3.90. The fourth-order valence-corrected chi connectivity index (χ4v) is 4.12. The van der Waals surface area contributed by atoms with E-state index in [1.165, 1.54) is 12.8 Å². The highest BCUT2D eigenvalue weighted by Gasteiger charge is 2.19. The minimum Gasteiger partial charge on any atom is -0.492 e. The third kappa shape index (κ3) is 3.52. The van der Waals surface area contributed by atoms with Gasteiger partial charge >= 0.3 is 0 Å². The molecule has 1 atom stereocenters. The molecule has 7 nitrogen and oxygen atoms in total. The summed E-state index contributed by atoms with van der Waals surface area (Å²) in [6.07, 6.45) is 6.19. The summed E-state index contributed by atoms with van der Waals surface area (Å²) in [4.78, 5) is 6.90. The maximum absolute atomic E-state index is 9.60. The molecule has 154 valence electrons. The molecule has 7 heteroatoms. The third-order valence-electron chi connectivity index (χ3n) is 5.83. The van der Waals surface area contributed by atoms with Crippen molar-refractivity contribution in [1.82, 2.24) is 14.3 Å². The van der Waals surface area contributed by atoms with Crippen LogP contribution in [0.3, 0.4) is 0 Å². The second kappa shape index (κ2) is 7.84. The SMILES string of the molecule is CC1CCCN1CCOc1ccc2oc(-c3cc4cccn4cn3)c/c(=N\O)c2c1. The molecule has 1 aliphatic heterocycles. The summed E-state index contributed by atoms with van der Waals surface area (Å²) in [6.45, 7) is 4.94. The van der Waals surface area contributed by atoms with Gasteiger partial charge < -0.3 is 18.8 Å². The molecule has 1 fully saturated rings. The largest absolute Gasteiger partial charge is 0.492 e. The van der Waals surface area contributed by atoms with Crippen molar-refractivity contribution in [3.8, 4) is 17.2 Å². The Morgan fingerprint density at radius 1 is 1.27 bits per heavy atom. The topological polar surface area (TPSA) is 75.5 Å². The zero-order valence-corrected chi connectivity index (χ0v) is 16.9. The van der Waals surface area contributed by atoms with Gasteiger partial charge in [0.05, 0.1) is 11.7 Å². The number of likely N-dealkylation sites (tertiary alicyclic amines) is 1. The molecule has 30 heavy (non-hydrogen) atoms. The highest BCUT2D eigenvalue weighted by atomic mass is 16.5. The summed E-state index contributed by atoms with van der Waals surface area (Å²) >= 11 is 0.